The van der Waals surface area contributed by atoms with Crippen molar-refractivity contribution in [1.82, 2.24) is 0 Å². The van der Waals surface area contributed by atoms with Crippen LogP contribution in [0.3, 0.4) is 0 Å². The zero-order valence-electron chi connectivity index (χ0n) is 9.68. The lowest BCUT2D eigenvalue weighted by Gasteiger charge is -1.94. The summed E-state index contributed by atoms with van der Waals surface area (Å²) in [4.78, 5) is 10.6. The maximum Gasteiger partial charge on any atom is 0.149 e. The highest BCUT2D eigenvalue weighted by molar-refractivity contribution is 5.77. The second-order valence-corrected chi connectivity index (χ2v) is 3.54. The summed E-state index contributed by atoms with van der Waals surface area (Å²) in [6.45, 7) is 3.87. The van der Waals surface area contributed by atoms with E-state index in [1.54, 1.807) is 6.08 Å². The summed E-state index contributed by atoms with van der Waals surface area (Å²) in [6, 6.07) is 10.1. The first-order valence-electron chi connectivity index (χ1n) is 5.29. The van der Waals surface area contributed by atoms with E-state index < -0.39 is 0 Å². The molecular weight excluding hydrogens is 196 g/mol. The van der Waals surface area contributed by atoms with E-state index in [0.29, 0.717) is 5.57 Å². The summed E-state index contributed by atoms with van der Waals surface area (Å²) >= 11 is 0. The van der Waals surface area contributed by atoms with Gasteiger partial charge in [-0.1, -0.05) is 60.2 Å². The Hall–Kier alpha value is -1.89. The van der Waals surface area contributed by atoms with Crippen LogP contribution in [0.25, 0.3) is 6.08 Å². The number of rotatable bonds is 4. The van der Waals surface area contributed by atoms with E-state index in [1.165, 1.54) is 0 Å². The van der Waals surface area contributed by atoms with Gasteiger partial charge in [-0.3, -0.25) is 4.79 Å². The van der Waals surface area contributed by atoms with Gasteiger partial charge in [-0.05, 0) is 19.4 Å². The Bertz CT molecular complexity index is 422. The SMILES string of the molecule is C/C=C(C=O)/C=C\C(C)=C\c1ccccc1. The molecule has 0 fully saturated rings. The molecule has 16 heavy (non-hydrogen) atoms. The van der Waals surface area contributed by atoms with Crippen molar-refractivity contribution in [2.75, 3.05) is 0 Å². The van der Waals surface area contributed by atoms with Gasteiger partial charge in [-0.15, -0.1) is 0 Å². The Morgan fingerprint density at radius 1 is 1.12 bits per heavy atom. The van der Waals surface area contributed by atoms with Crippen molar-refractivity contribution in [3.8, 4) is 0 Å². The first kappa shape index (κ1) is 12.2. The van der Waals surface area contributed by atoms with E-state index in [9.17, 15) is 4.79 Å². The molecule has 0 heterocycles. The molecule has 0 saturated heterocycles. The maximum absolute atomic E-state index is 10.6. The molecule has 0 aromatic heterocycles. The quantitative estimate of drug-likeness (QED) is 0.421. The third kappa shape index (κ3) is 4.09. The van der Waals surface area contributed by atoms with Crippen molar-refractivity contribution in [2.24, 2.45) is 0 Å². The van der Waals surface area contributed by atoms with Crippen LogP contribution in [0.5, 0.6) is 0 Å². The zero-order valence-corrected chi connectivity index (χ0v) is 9.68. The van der Waals surface area contributed by atoms with Crippen LogP contribution >= 0.6 is 0 Å². The molecular formula is C15H16O. The van der Waals surface area contributed by atoms with E-state index in [2.05, 4.69) is 6.08 Å². The molecule has 0 amide bonds. The minimum absolute atomic E-state index is 0.695. The maximum atomic E-state index is 10.6. The molecule has 0 saturated carbocycles. The predicted molar refractivity (Wildman–Crippen MR) is 69.1 cm³/mol. The topological polar surface area (TPSA) is 17.1 Å². The van der Waals surface area contributed by atoms with Crippen molar-refractivity contribution in [2.45, 2.75) is 13.8 Å². The molecule has 0 aliphatic heterocycles. The Morgan fingerprint density at radius 3 is 2.38 bits per heavy atom. The molecule has 1 aromatic rings. The van der Waals surface area contributed by atoms with Crippen molar-refractivity contribution >= 4 is 12.4 Å². The fourth-order valence-electron chi connectivity index (χ4n) is 1.29. The molecule has 0 spiro atoms. The molecule has 0 radical (unpaired) electrons. The minimum Gasteiger partial charge on any atom is -0.298 e. The van der Waals surface area contributed by atoms with Gasteiger partial charge in [0.1, 0.15) is 6.29 Å². The smallest absolute Gasteiger partial charge is 0.149 e. The van der Waals surface area contributed by atoms with Gasteiger partial charge in [-0.2, -0.15) is 0 Å². The summed E-state index contributed by atoms with van der Waals surface area (Å²) in [5.74, 6) is 0. The van der Waals surface area contributed by atoms with E-state index in [-0.39, 0.29) is 0 Å². The number of benzene rings is 1. The van der Waals surface area contributed by atoms with E-state index in [4.69, 9.17) is 0 Å². The van der Waals surface area contributed by atoms with Crippen molar-refractivity contribution < 1.29 is 4.79 Å². The molecule has 0 aliphatic carbocycles. The summed E-state index contributed by atoms with van der Waals surface area (Å²) in [5, 5.41) is 0. The Balaban J connectivity index is 2.76. The molecule has 0 aliphatic rings. The molecule has 0 N–H and O–H groups in total. The molecule has 1 rings (SSSR count). The third-order valence-corrected chi connectivity index (χ3v) is 2.20. The third-order valence-electron chi connectivity index (χ3n) is 2.20. The fourth-order valence-corrected chi connectivity index (χ4v) is 1.29. The first-order valence-corrected chi connectivity index (χ1v) is 5.29. The van der Waals surface area contributed by atoms with Crippen LogP contribution in [0.2, 0.25) is 0 Å². The lowest BCUT2D eigenvalue weighted by atomic mass is 10.1. The second kappa shape index (κ2) is 6.57. The van der Waals surface area contributed by atoms with Crippen LogP contribution in [0.4, 0.5) is 0 Å². The summed E-state index contributed by atoms with van der Waals surface area (Å²) in [6.07, 6.45) is 8.48. The van der Waals surface area contributed by atoms with Crippen molar-refractivity contribution in [1.29, 1.82) is 0 Å². The van der Waals surface area contributed by atoms with Gasteiger partial charge in [0.05, 0.1) is 0 Å². The van der Waals surface area contributed by atoms with Crippen LogP contribution in [-0.2, 0) is 4.79 Å². The van der Waals surface area contributed by atoms with Crippen LogP contribution in [0.1, 0.15) is 19.4 Å². The van der Waals surface area contributed by atoms with Gasteiger partial charge in [0.15, 0.2) is 0 Å². The van der Waals surface area contributed by atoms with Gasteiger partial charge < -0.3 is 0 Å². The van der Waals surface area contributed by atoms with Crippen LogP contribution < -0.4 is 0 Å². The molecule has 1 aromatic carbocycles. The van der Waals surface area contributed by atoms with Gasteiger partial charge in [0, 0.05) is 5.57 Å². The highest BCUT2D eigenvalue weighted by Gasteiger charge is 1.88. The number of aldehydes is 1. The van der Waals surface area contributed by atoms with Crippen molar-refractivity contribution in [3.63, 3.8) is 0 Å². The Morgan fingerprint density at radius 2 is 1.81 bits per heavy atom. The zero-order chi connectivity index (χ0) is 11.8. The highest BCUT2D eigenvalue weighted by Crippen LogP contribution is 2.07. The summed E-state index contributed by atoms with van der Waals surface area (Å²) in [5.41, 5.74) is 2.98. The normalized spacial score (nSPS) is 13.1. The molecule has 1 nitrogen and oxygen atoms in total. The van der Waals surface area contributed by atoms with Crippen LogP contribution in [-0.4, -0.2) is 6.29 Å². The fraction of sp³-hybridized carbons (Fsp3) is 0.133. The largest absolute Gasteiger partial charge is 0.298 e. The monoisotopic (exact) mass is 212 g/mol. The van der Waals surface area contributed by atoms with Gasteiger partial charge in [0.25, 0.3) is 0 Å². The van der Waals surface area contributed by atoms with Gasteiger partial charge in [-0.25, -0.2) is 0 Å². The van der Waals surface area contributed by atoms with E-state index in [0.717, 1.165) is 17.4 Å². The molecule has 82 valence electrons. The van der Waals surface area contributed by atoms with Crippen molar-refractivity contribution in [3.05, 3.63) is 65.3 Å². The van der Waals surface area contributed by atoms with E-state index in [1.807, 2.05) is 56.3 Å². The van der Waals surface area contributed by atoms with E-state index >= 15 is 0 Å². The first-order chi connectivity index (χ1) is 7.76. The lowest BCUT2D eigenvalue weighted by molar-refractivity contribution is -0.104. The number of carbonyl (C=O) groups is 1. The average Bonchev–Trinajstić information content (AvgIpc) is 2.31. The number of allylic oxidation sites excluding steroid dienone is 5. The Kier molecular flexibility index (Phi) is 5.00. The standard InChI is InChI=1S/C15H16O/c1-3-14(12-16)10-9-13(2)11-15-7-5-4-6-8-15/h3-12H,1-2H3/b10-9-,13-11+,14-3-. The molecule has 1 heteroatoms. The number of hydrogen-bond acceptors (Lipinski definition) is 1. The number of carbonyl (C=O) groups excluding carboxylic acids is 1. The second-order valence-electron chi connectivity index (χ2n) is 3.54. The number of hydrogen-bond donors (Lipinski definition) is 0. The highest BCUT2D eigenvalue weighted by atomic mass is 16.1. The lowest BCUT2D eigenvalue weighted by Crippen LogP contribution is -1.78. The molecule has 0 bridgehead atoms. The van der Waals surface area contributed by atoms with Crippen LogP contribution in [0.15, 0.2) is 59.7 Å². The molecule has 0 atom stereocenters. The molecule has 0 unspecified atom stereocenters. The van der Waals surface area contributed by atoms with Crippen LogP contribution in [0, 0.1) is 0 Å². The Labute approximate surface area is 96.8 Å². The van der Waals surface area contributed by atoms with Gasteiger partial charge in [0.2, 0.25) is 0 Å². The summed E-state index contributed by atoms with van der Waals surface area (Å²) < 4.78 is 0. The minimum atomic E-state index is 0.695. The average molecular weight is 212 g/mol. The predicted octanol–water partition coefficient (Wildman–Crippen LogP) is 3.79. The van der Waals surface area contributed by atoms with Gasteiger partial charge >= 0.3 is 0 Å². The summed E-state index contributed by atoms with van der Waals surface area (Å²) in [7, 11) is 0.